The van der Waals surface area contributed by atoms with E-state index in [1.54, 1.807) is 6.20 Å². The van der Waals surface area contributed by atoms with Gasteiger partial charge in [-0.15, -0.1) is 0 Å². The molecule has 78 valence electrons. The van der Waals surface area contributed by atoms with Crippen LogP contribution in [0.3, 0.4) is 0 Å². The summed E-state index contributed by atoms with van der Waals surface area (Å²) in [7, 11) is 0. The van der Waals surface area contributed by atoms with Gasteiger partial charge in [0.1, 0.15) is 5.82 Å². The third kappa shape index (κ3) is 2.32. The van der Waals surface area contributed by atoms with Crippen molar-refractivity contribution in [2.75, 3.05) is 5.32 Å². The van der Waals surface area contributed by atoms with Crippen molar-refractivity contribution < 1.29 is 4.79 Å². The summed E-state index contributed by atoms with van der Waals surface area (Å²) in [6.07, 6.45) is 1.65. The minimum atomic E-state index is -0.488. The minimum absolute atomic E-state index is 0.123. The van der Waals surface area contributed by atoms with E-state index >= 15 is 0 Å². The van der Waals surface area contributed by atoms with Gasteiger partial charge in [-0.3, -0.25) is 9.89 Å². The molecule has 0 spiro atoms. The summed E-state index contributed by atoms with van der Waals surface area (Å²) < 4.78 is 0. The normalized spacial score (nSPS) is 12.9. The number of nitrogens with one attached hydrogen (secondary N) is 2. The number of anilines is 1. The number of hydrogen-bond acceptors (Lipinski definition) is 3. The molecular weight excluding hydrogens is 180 g/mol. The van der Waals surface area contributed by atoms with E-state index < -0.39 is 6.04 Å². The van der Waals surface area contributed by atoms with Gasteiger partial charge >= 0.3 is 0 Å². The van der Waals surface area contributed by atoms with Crippen LogP contribution in [0.1, 0.15) is 19.4 Å². The Morgan fingerprint density at radius 3 is 2.71 bits per heavy atom. The Balaban J connectivity index is 2.62. The molecule has 1 aromatic rings. The lowest BCUT2D eigenvalue weighted by Crippen LogP contribution is -2.39. The van der Waals surface area contributed by atoms with Crippen LogP contribution >= 0.6 is 0 Å². The number of H-pyrrole nitrogens is 1. The van der Waals surface area contributed by atoms with Gasteiger partial charge in [0.15, 0.2) is 0 Å². The van der Waals surface area contributed by atoms with Crippen molar-refractivity contribution in [3.8, 4) is 0 Å². The second-order valence-electron chi connectivity index (χ2n) is 3.69. The molecule has 0 saturated heterocycles. The lowest BCUT2D eigenvalue weighted by atomic mass is 10.1. The standard InChI is InChI=1S/C9H16N4O/c1-5(2)7(10)9(14)12-8-6(3)4-11-13-8/h4-5,7H,10H2,1-3H3,(H2,11,12,13,14)/t7-/m0/s1. The van der Waals surface area contributed by atoms with Crippen molar-refractivity contribution in [2.24, 2.45) is 11.7 Å². The maximum atomic E-state index is 11.5. The van der Waals surface area contributed by atoms with Crippen LogP contribution in [0.2, 0.25) is 0 Å². The van der Waals surface area contributed by atoms with E-state index in [1.165, 1.54) is 0 Å². The number of amides is 1. The Morgan fingerprint density at radius 1 is 1.64 bits per heavy atom. The molecule has 0 aliphatic rings. The highest BCUT2D eigenvalue weighted by Gasteiger charge is 2.18. The molecule has 1 amide bonds. The first-order chi connectivity index (χ1) is 6.52. The highest BCUT2D eigenvalue weighted by atomic mass is 16.2. The van der Waals surface area contributed by atoms with Crippen LogP contribution in [-0.4, -0.2) is 22.1 Å². The third-order valence-electron chi connectivity index (χ3n) is 2.10. The topological polar surface area (TPSA) is 83.8 Å². The Morgan fingerprint density at radius 2 is 2.29 bits per heavy atom. The first kappa shape index (κ1) is 10.7. The van der Waals surface area contributed by atoms with Crippen LogP contribution in [0.25, 0.3) is 0 Å². The average Bonchev–Trinajstić information content (AvgIpc) is 2.50. The molecule has 0 fully saturated rings. The molecule has 0 bridgehead atoms. The zero-order valence-electron chi connectivity index (χ0n) is 8.66. The number of nitrogens with two attached hydrogens (primary N) is 1. The van der Waals surface area contributed by atoms with Gasteiger partial charge in [-0.05, 0) is 12.8 Å². The summed E-state index contributed by atoms with van der Waals surface area (Å²) in [5.41, 5.74) is 6.58. The molecule has 0 radical (unpaired) electrons. The number of rotatable bonds is 3. The van der Waals surface area contributed by atoms with Gasteiger partial charge in [0.2, 0.25) is 5.91 Å². The minimum Gasteiger partial charge on any atom is -0.320 e. The van der Waals surface area contributed by atoms with Gasteiger partial charge in [0, 0.05) is 5.56 Å². The molecule has 5 nitrogen and oxygen atoms in total. The number of hydrogen-bond donors (Lipinski definition) is 3. The molecule has 0 aromatic carbocycles. The average molecular weight is 196 g/mol. The van der Waals surface area contributed by atoms with E-state index in [-0.39, 0.29) is 11.8 Å². The van der Waals surface area contributed by atoms with Crippen LogP contribution in [0.5, 0.6) is 0 Å². The van der Waals surface area contributed by atoms with Crippen LogP contribution in [0.4, 0.5) is 5.82 Å². The van der Waals surface area contributed by atoms with Crippen LogP contribution in [0, 0.1) is 12.8 Å². The lowest BCUT2D eigenvalue weighted by Gasteiger charge is -2.14. The predicted octanol–water partition coefficient (Wildman–Crippen LogP) is 0.640. The van der Waals surface area contributed by atoms with E-state index in [0.717, 1.165) is 5.56 Å². The van der Waals surface area contributed by atoms with Crippen LogP contribution < -0.4 is 11.1 Å². The molecular formula is C9H16N4O. The monoisotopic (exact) mass is 196 g/mol. The van der Waals surface area contributed by atoms with E-state index in [0.29, 0.717) is 5.82 Å². The molecule has 1 aromatic heterocycles. The highest BCUT2D eigenvalue weighted by molar-refractivity contribution is 5.94. The van der Waals surface area contributed by atoms with E-state index in [4.69, 9.17) is 5.73 Å². The molecule has 0 saturated carbocycles. The summed E-state index contributed by atoms with van der Waals surface area (Å²) in [4.78, 5) is 11.5. The summed E-state index contributed by atoms with van der Waals surface area (Å²) in [5, 5.41) is 9.18. The lowest BCUT2D eigenvalue weighted by molar-refractivity contribution is -0.118. The van der Waals surface area contributed by atoms with Gasteiger partial charge in [-0.25, -0.2) is 0 Å². The van der Waals surface area contributed by atoms with E-state index in [1.807, 2.05) is 20.8 Å². The fourth-order valence-electron chi connectivity index (χ4n) is 0.982. The SMILES string of the molecule is Cc1cn[nH]c1NC(=O)[C@@H](N)C(C)C. The summed E-state index contributed by atoms with van der Waals surface area (Å²) in [5.74, 6) is 0.552. The van der Waals surface area contributed by atoms with Crippen molar-refractivity contribution in [2.45, 2.75) is 26.8 Å². The Labute approximate surface area is 83.1 Å². The Kier molecular flexibility index (Phi) is 3.24. The quantitative estimate of drug-likeness (QED) is 0.663. The molecule has 1 atom stereocenters. The number of aryl methyl sites for hydroxylation is 1. The number of carbonyl (C=O) groups excluding carboxylic acids is 1. The number of aromatic amines is 1. The first-order valence-electron chi connectivity index (χ1n) is 4.58. The molecule has 0 aliphatic carbocycles. The van der Waals surface area contributed by atoms with Gasteiger partial charge < -0.3 is 11.1 Å². The maximum absolute atomic E-state index is 11.5. The number of aromatic nitrogens is 2. The van der Waals surface area contributed by atoms with Crippen LogP contribution in [0.15, 0.2) is 6.20 Å². The zero-order chi connectivity index (χ0) is 10.7. The van der Waals surface area contributed by atoms with Crippen molar-refractivity contribution in [1.29, 1.82) is 0 Å². The molecule has 0 unspecified atom stereocenters. The number of carbonyl (C=O) groups is 1. The van der Waals surface area contributed by atoms with Crippen molar-refractivity contribution in [3.05, 3.63) is 11.8 Å². The van der Waals surface area contributed by atoms with Crippen molar-refractivity contribution in [3.63, 3.8) is 0 Å². The molecule has 0 aliphatic heterocycles. The predicted molar refractivity (Wildman–Crippen MR) is 54.8 cm³/mol. The Bertz CT molecular complexity index is 318. The molecule has 1 rings (SSSR count). The second kappa shape index (κ2) is 4.23. The van der Waals surface area contributed by atoms with Gasteiger partial charge in [-0.1, -0.05) is 13.8 Å². The fraction of sp³-hybridized carbons (Fsp3) is 0.556. The highest BCUT2D eigenvalue weighted by Crippen LogP contribution is 2.09. The largest absolute Gasteiger partial charge is 0.320 e. The molecule has 4 N–H and O–H groups in total. The maximum Gasteiger partial charge on any atom is 0.242 e. The first-order valence-corrected chi connectivity index (χ1v) is 4.58. The summed E-state index contributed by atoms with van der Waals surface area (Å²) in [6.45, 7) is 5.67. The van der Waals surface area contributed by atoms with Crippen molar-refractivity contribution in [1.82, 2.24) is 10.2 Å². The molecule has 5 heteroatoms. The van der Waals surface area contributed by atoms with E-state index in [2.05, 4.69) is 15.5 Å². The Hall–Kier alpha value is -1.36. The summed E-state index contributed by atoms with van der Waals surface area (Å²) in [6, 6.07) is -0.488. The fourth-order valence-corrected chi connectivity index (χ4v) is 0.982. The summed E-state index contributed by atoms with van der Waals surface area (Å²) >= 11 is 0. The van der Waals surface area contributed by atoms with E-state index in [9.17, 15) is 4.79 Å². The molecule has 14 heavy (non-hydrogen) atoms. The number of nitrogens with zero attached hydrogens (tertiary/aromatic N) is 1. The van der Waals surface area contributed by atoms with Gasteiger partial charge in [0.25, 0.3) is 0 Å². The zero-order valence-corrected chi connectivity index (χ0v) is 8.66. The van der Waals surface area contributed by atoms with Crippen LogP contribution in [-0.2, 0) is 4.79 Å². The smallest absolute Gasteiger partial charge is 0.242 e. The molecule has 1 heterocycles. The van der Waals surface area contributed by atoms with Crippen molar-refractivity contribution >= 4 is 11.7 Å². The third-order valence-corrected chi connectivity index (χ3v) is 2.10. The van der Waals surface area contributed by atoms with Gasteiger partial charge in [0.05, 0.1) is 12.2 Å². The van der Waals surface area contributed by atoms with Gasteiger partial charge in [-0.2, -0.15) is 5.10 Å². The second-order valence-corrected chi connectivity index (χ2v) is 3.69.